The maximum absolute atomic E-state index is 10.7. The number of thioether (sulfide) groups is 1. The molecule has 1 rings (SSSR count). The number of hydrogen-bond acceptors (Lipinski definition) is 5. The molecule has 2 N–H and O–H groups in total. The van der Waals surface area contributed by atoms with E-state index < -0.39 is 12.2 Å². The molecule has 1 aromatic rings. The summed E-state index contributed by atoms with van der Waals surface area (Å²) in [7, 11) is 0. The molecule has 1 heterocycles. The van der Waals surface area contributed by atoms with Gasteiger partial charge in [0, 0.05) is 17.6 Å². The van der Waals surface area contributed by atoms with E-state index in [0.29, 0.717) is 5.56 Å². The molecule has 84 valence electrons. The van der Waals surface area contributed by atoms with Gasteiger partial charge in [0.25, 0.3) is 0 Å². The van der Waals surface area contributed by atoms with Crippen molar-refractivity contribution < 1.29 is 15.0 Å². The molecule has 15 heavy (non-hydrogen) atoms. The van der Waals surface area contributed by atoms with Crippen LogP contribution in [0.1, 0.15) is 23.5 Å². The van der Waals surface area contributed by atoms with Gasteiger partial charge in [0.15, 0.2) is 5.12 Å². The standard InChI is InChI=1S/C10H14O3S2/c1-6-3-8(4-14-6)10(13)9(12)5-15-7(2)11/h3-4,9-10,12-13H,5H2,1-2H3. The molecule has 3 nitrogen and oxygen atoms in total. The molecule has 0 bridgehead atoms. The fraction of sp³-hybridized carbons (Fsp3) is 0.500. The molecule has 0 spiro atoms. The fourth-order valence-electron chi connectivity index (χ4n) is 1.13. The highest BCUT2D eigenvalue weighted by atomic mass is 32.2. The largest absolute Gasteiger partial charge is 0.389 e. The Labute approximate surface area is 97.1 Å². The Bertz CT molecular complexity index is 335. The van der Waals surface area contributed by atoms with Crippen LogP contribution in [0.4, 0.5) is 0 Å². The van der Waals surface area contributed by atoms with Crippen LogP contribution >= 0.6 is 23.1 Å². The molecule has 0 fully saturated rings. The Balaban J connectivity index is 2.52. The van der Waals surface area contributed by atoms with Crippen molar-refractivity contribution in [2.24, 2.45) is 0 Å². The van der Waals surface area contributed by atoms with Crippen molar-refractivity contribution in [1.29, 1.82) is 0 Å². The Morgan fingerprint density at radius 1 is 1.60 bits per heavy atom. The van der Waals surface area contributed by atoms with Crippen LogP contribution < -0.4 is 0 Å². The van der Waals surface area contributed by atoms with E-state index in [-0.39, 0.29) is 10.9 Å². The zero-order valence-corrected chi connectivity index (χ0v) is 10.3. The summed E-state index contributed by atoms with van der Waals surface area (Å²) < 4.78 is 0. The summed E-state index contributed by atoms with van der Waals surface area (Å²) in [6.07, 6.45) is -1.80. The Hall–Kier alpha value is -0.360. The minimum atomic E-state index is -0.901. The summed E-state index contributed by atoms with van der Waals surface area (Å²) >= 11 is 2.55. The van der Waals surface area contributed by atoms with Crippen LogP contribution in [0.15, 0.2) is 11.4 Å². The van der Waals surface area contributed by atoms with Gasteiger partial charge in [0.1, 0.15) is 6.10 Å². The highest BCUT2D eigenvalue weighted by Crippen LogP contribution is 2.24. The van der Waals surface area contributed by atoms with Gasteiger partial charge in [-0.25, -0.2) is 0 Å². The number of rotatable bonds is 4. The van der Waals surface area contributed by atoms with Gasteiger partial charge in [0.05, 0.1) is 6.10 Å². The molecule has 0 aliphatic heterocycles. The van der Waals surface area contributed by atoms with Gasteiger partial charge in [-0.15, -0.1) is 11.3 Å². The van der Waals surface area contributed by atoms with Crippen molar-refractivity contribution in [2.75, 3.05) is 5.75 Å². The van der Waals surface area contributed by atoms with E-state index >= 15 is 0 Å². The predicted octanol–water partition coefficient (Wildman–Crippen LogP) is 1.73. The predicted molar refractivity (Wildman–Crippen MR) is 63.2 cm³/mol. The van der Waals surface area contributed by atoms with E-state index in [4.69, 9.17) is 0 Å². The van der Waals surface area contributed by atoms with E-state index in [2.05, 4.69) is 0 Å². The highest BCUT2D eigenvalue weighted by molar-refractivity contribution is 8.13. The summed E-state index contributed by atoms with van der Waals surface area (Å²) in [5, 5.41) is 21.1. The zero-order valence-electron chi connectivity index (χ0n) is 8.64. The smallest absolute Gasteiger partial charge is 0.185 e. The van der Waals surface area contributed by atoms with E-state index in [1.54, 1.807) is 0 Å². The number of aliphatic hydroxyl groups excluding tert-OH is 2. The Kier molecular flexibility index (Phi) is 4.79. The van der Waals surface area contributed by atoms with Gasteiger partial charge in [-0.2, -0.15) is 0 Å². The second-order valence-electron chi connectivity index (χ2n) is 3.31. The lowest BCUT2D eigenvalue weighted by Gasteiger charge is -2.15. The van der Waals surface area contributed by atoms with Gasteiger partial charge in [0.2, 0.25) is 0 Å². The van der Waals surface area contributed by atoms with E-state index in [0.717, 1.165) is 16.6 Å². The number of carbonyl (C=O) groups is 1. The van der Waals surface area contributed by atoms with E-state index in [9.17, 15) is 15.0 Å². The van der Waals surface area contributed by atoms with E-state index in [1.807, 2.05) is 18.4 Å². The van der Waals surface area contributed by atoms with Crippen LogP contribution in [-0.2, 0) is 4.79 Å². The van der Waals surface area contributed by atoms with Crippen LogP contribution in [0.25, 0.3) is 0 Å². The zero-order chi connectivity index (χ0) is 11.4. The van der Waals surface area contributed by atoms with Gasteiger partial charge >= 0.3 is 0 Å². The SMILES string of the molecule is CC(=O)SCC(O)C(O)c1csc(C)c1. The third-order valence-electron chi connectivity index (χ3n) is 1.91. The first-order valence-corrected chi connectivity index (χ1v) is 6.41. The fourth-order valence-corrected chi connectivity index (χ4v) is 2.46. The first kappa shape index (κ1) is 12.7. The van der Waals surface area contributed by atoms with Crippen molar-refractivity contribution in [1.82, 2.24) is 0 Å². The molecule has 0 aliphatic rings. The summed E-state index contributed by atoms with van der Waals surface area (Å²) in [6.45, 7) is 3.39. The molecule has 0 amide bonds. The van der Waals surface area contributed by atoms with Gasteiger partial charge in [-0.05, 0) is 23.9 Å². The highest BCUT2D eigenvalue weighted by Gasteiger charge is 2.19. The van der Waals surface area contributed by atoms with Gasteiger partial charge in [-0.3, -0.25) is 4.79 Å². The molecule has 1 aromatic heterocycles. The summed E-state index contributed by atoms with van der Waals surface area (Å²) in [5.74, 6) is 0.228. The van der Waals surface area contributed by atoms with E-state index in [1.165, 1.54) is 18.3 Å². The van der Waals surface area contributed by atoms with Crippen LogP contribution in [-0.4, -0.2) is 27.2 Å². The molecular weight excluding hydrogens is 232 g/mol. The second-order valence-corrected chi connectivity index (χ2v) is 5.62. The Morgan fingerprint density at radius 3 is 2.73 bits per heavy atom. The first-order chi connectivity index (χ1) is 7.00. The molecule has 2 atom stereocenters. The summed E-state index contributed by atoms with van der Waals surface area (Å²) in [6, 6.07) is 1.84. The molecule has 0 radical (unpaired) electrons. The maximum atomic E-state index is 10.7. The van der Waals surface area contributed by atoms with Crippen molar-refractivity contribution in [3.8, 4) is 0 Å². The quantitative estimate of drug-likeness (QED) is 0.849. The minimum absolute atomic E-state index is 0.0530. The van der Waals surface area contributed by atoms with Crippen molar-refractivity contribution in [3.05, 3.63) is 21.9 Å². The summed E-state index contributed by atoms with van der Waals surface area (Å²) in [5.41, 5.74) is 0.717. The molecule has 0 aliphatic carbocycles. The average Bonchev–Trinajstić information content (AvgIpc) is 2.60. The topological polar surface area (TPSA) is 57.5 Å². The maximum Gasteiger partial charge on any atom is 0.185 e. The molecule has 0 saturated carbocycles. The van der Waals surface area contributed by atoms with Crippen molar-refractivity contribution in [3.63, 3.8) is 0 Å². The minimum Gasteiger partial charge on any atom is -0.389 e. The number of thiophene rings is 1. The molecule has 5 heteroatoms. The summed E-state index contributed by atoms with van der Waals surface area (Å²) in [4.78, 5) is 11.8. The number of aryl methyl sites for hydroxylation is 1. The lowest BCUT2D eigenvalue weighted by molar-refractivity contribution is -0.109. The third kappa shape index (κ3) is 3.95. The van der Waals surface area contributed by atoms with Gasteiger partial charge < -0.3 is 10.2 Å². The monoisotopic (exact) mass is 246 g/mol. The molecule has 2 unspecified atom stereocenters. The lowest BCUT2D eigenvalue weighted by Crippen LogP contribution is -2.20. The number of hydrogen-bond donors (Lipinski definition) is 2. The lowest BCUT2D eigenvalue weighted by atomic mass is 10.1. The Morgan fingerprint density at radius 2 is 2.27 bits per heavy atom. The molecule has 0 aromatic carbocycles. The number of aliphatic hydroxyl groups is 2. The third-order valence-corrected chi connectivity index (χ3v) is 3.71. The van der Waals surface area contributed by atoms with Gasteiger partial charge in [-0.1, -0.05) is 11.8 Å². The molecule has 0 saturated heterocycles. The van der Waals surface area contributed by atoms with Crippen LogP contribution in [0, 0.1) is 6.92 Å². The molecular formula is C10H14O3S2. The second kappa shape index (κ2) is 5.65. The first-order valence-electron chi connectivity index (χ1n) is 4.55. The van der Waals surface area contributed by atoms with Crippen LogP contribution in [0.5, 0.6) is 0 Å². The normalized spacial score (nSPS) is 14.9. The average molecular weight is 246 g/mol. The van der Waals surface area contributed by atoms with Crippen LogP contribution in [0.3, 0.4) is 0 Å². The van der Waals surface area contributed by atoms with Crippen LogP contribution in [0.2, 0.25) is 0 Å². The van der Waals surface area contributed by atoms with Crippen molar-refractivity contribution >= 4 is 28.2 Å². The van der Waals surface area contributed by atoms with Crippen molar-refractivity contribution in [2.45, 2.75) is 26.1 Å². The number of carbonyl (C=O) groups excluding carboxylic acids is 1.